The van der Waals surface area contributed by atoms with E-state index < -0.39 is 5.97 Å². The molecule has 0 fully saturated rings. The fourth-order valence-corrected chi connectivity index (χ4v) is 1.98. The number of para-hydroxylation sites is 1. The van der Waals surface area contributed by atoms with Gasteiger partial charge >= 0.3 is 12.0 Å². The molecule has 0 aliphatic carbocycles. The van der Waals surface area contributed by atoms with Crippen LogP contribution in [0.2, 0.25) is 0 Å². The maximum atomic E-state index is 12.1. The van der Waals surface area contributed by atoms with Gasteiger partial charge in [0.1, 0.15) is 17.1 Å². The van der Waals surface area contributed by atoms with Gasteiger partial charge in [0.15, 0.2) is 0 Å². The minimum absolute atomic E-state index is 0.247. The molecule has 0 unspecified atom stereocenters. The molecule has 1 N–H and O–H groups in total. The van der Waals surface area contributed by atoms with Gasteiger partial charge in [0.2, 0.25) is 0 Å². The molecule has 1 aromatic heterocycles. The standard InChI is InChI=1S/C16H18N2O4/c1-11-14(15(19)21-3)9-13(22-11)10-18(2)16(20)17-12-7-5-4-6-8-12/h4-9H,10H2,1-3H3,(H,17,20). The molecule has 0 saturated carbocycles. The SMILES string of the molecule is COC(=O)c1cc(CN(C)C(=O)Nc2ccccc2)oc1C. The smallest absolute Gasteiger partial charge is 0.341 e. The predicted molar refractivity (Wildman–Crippen MR) is 81.7 cm³/mol. The molecule has 2 amide bonds. The van der Waals surface area contributed by atoms with E-state index in [1.807, 2.05) is 18.2 Å². The van der Waals surface area contributed by atoms with Crippen LogP contribution in [-0.2, 0) is 11.3 Å². The normalized spacial score (nSPS) is 10.1. The van der Waals surface area contributed by atoms with Gasteiger partial charge in [-0.25, -0.2) is 9.59 Å². The maximum Gasteiger partial charge on any atom is 0.341 e. The Hall–Kier alpha value is -2.76. The van der Waals surface area contributed by atoms with E-state index in [2.05, 4.69) is 10.1 Å². The van der Waals surface area contributed by atoms with Gasteiger partial charge in [-0.3, -0.25) is 0 Å². The van der Waals surface area contributed by atoms with E-state index in [0.717, 1.165) is 0 Å². The number of urea groups is 1. The summed E-state index contributed by atoms with van der Waals surface area (Å²) in [7, 11) is 2.96. The summed E-state index contributed by atoms with van der Waals surface area (Å²) < 4.78 is 10.2. The van der Waals surface area contributed by atoms with E-state index >= 15 is 0 Å². The molecular formula is C16H18N2O4. The monoisotopic (exact) mass is 302 g/mol. The first-order valence-electron chi connectivity index (χ1n) is 6.76. The lowest BCUT2D eigenvalue weighted by Crippen LogP contribution is -2.30. The van der Waals surface area contributed by atoms with Gasteiger partial charge < -0.3 is 19.4 Å². The second-order valence-corrected chi connectivity index (χ2v) is 4.83. The minimum Gasteiger partial charge on any atom is -0.465 e. The first-order chi connectivity index (χ1) is 10.5. The lowest BCUT2D eigenvalue weighted by molar-refractivity contribution is 0.0598. The van der Waals surface area contributed by atoms with E-state index in [9.17, 15) is 9.59 Å². The number of hydrogen-bond acceptors (Lipinski definition) is 4. The van der Waals surface area contributed by atoms with Crippen molar-refractivity contribution in [2.24, 2.45) is 0 Å². The van der Waals surface area contributed by atoms with Crippen molar-refractivity contribution in [3.63, 3.8) is 0 Å². The van der Waals surface area contributed by atoms with Gasteiger partial charge in [-0.15, -0.1) is 0 Å². The van der Waals surface area contributed by atoms with Crippen molar-refractivity contribution in [2.45, 2.75) is 13.5 Å². The summed E-state index contributed by atoms with van der Waals surface area (Å²) in [6, 6.07) is 10.5. The molecule has 0 atom stereocenters. The second-order valence-electron chi connectivity index (χ2n) is 4.83. The third kappa shape index (κ3) is 3.66. The Morgan fingerprint density at radius 2 is 1.95 bits per heavy atom. The molecular weight excluding hydrogens is 284 g/mol. The van der Waals surface area contributed by atoms with E-state index in [1.165, 1.54) is 12.0 Å². The van der Waals surface area contributed by atoms with E-state index in [4.69, 9.17) is 4.42 Å². The number of nitrogens with zero attached hydrogens (tertiary/aromatic N) is 1. The molecule has 0 aliphatic heterocycles. The van der Waals surface area contributed by atoms with Crippen LogP contribution < -0.4 is 5.32 Å². The second kappa shape index (κ2) is 6.80. The van der Waals surface area contributed by atoms with E-state index in [1.54, 1.807) is 32.2 Å². The van der Waals surface area contributed by atoms with Crippen molar-refractivity contribution < 1.29 is 18.7 Å². The predicted octanol–water partition coefficient (Wildman–Crippen LogP) is 3.04. The van der Waals surface area contributed by atoms with Crippen LogP contribution in [0.15, 0.2) is 40.8 Å². The fraction of sp³-hybridized carbons (Fsp3) is 0.250. The average molecular weight is 302 g/mol. The Morgan fingerprint density at radius 3 is 2.59 bits per heavy atom. The van der Waals surface area contributed by atoms with Gasteiger partial charge in [-0.05, 0) is 25.1 Å². The number of anilines is 1. The van der Waals surface area contributed by atoms with Crippen LogP contribution in [0.5, 0.6) is 0 Å². The summed E-state index contributed by atoms with van der Waals surface area (Å²) in [4.78, 5) is 25.1. The fourth-order valence-electron chi connectivity index (χ4n) is 1.98. The number of amides is 2. The lowest BCUT2D eigenvalue weighted by Gasteiger charge is -2.16. The molecule has 0 saturated heterocycles. The molecule has 1 aromatic carbocycles. The number of rotatable bonds is 4. The zero-order valence-corrected chi connectivity index (χ0v) is 12.8. The Morgan fingerprint density at radius 1 is 1.27 bits per heavy atom. The molecule has 6 nitrogen and oxygen atoms in total. The van der Waals surface area contributed by atoms with Crippen molar-refractivity contribution in [1.29, 1.82) is 0 Å². The Kier molecular flexibility index (Phi) is 4.83. The molecule has 0 bridgehead atoms. The van der Waals surface area contributed by atoms with E-state index in [0.29, 0.717) is 22.8 Å². The summed E-state index contributed by atoms with van der Waals surface area (Å²) in [5, 5.41) is 2.77. The van der Waals surface area contributed by atoms with Gasteiger partial charge in [0.05, 0.1) is 13.7 Å². The number of esters is 1. The van der Waals surface area contributed by atoms with Crippen molar-refractivity contribution in [2.75, 3.05) is 19.5 Å². The molecule has 116 valence electrons. The minimum atomic E-state index is -0.455. The number of carbonyl (C=O) groups is 2. The summed E-state index contributed by atoms with van der Waals surface area (Å²) in [6.45, 7) is 1.93. The molecule has 22 heavy (non-hydrogen) atoms. The van der Waals surface area contributed by atoms with E-state index in [-0.39, 0.29) is 12.6 Å². The zero-order chi connectivity index (χ0) is 16.1. The molecule has 2 rings (SSSR count). The van der Waals surface area contributed by atoms with Gasteiger partial charge in [0, 0.05) is 12.7 Å². The van der Waals surface area contributed by atoms with Crippen LogP contribution in [0.4, 0.5) is 10.5 Å². The lowest BCUT2D eigenvalue weighted by atomic mass is 10.2. The molecule has 0 radical (unpaired) electrons. The van der Waals surface area contributed by atoms with Crippen LogP contribution in [0.3, 0.4) is 0 Å². The first kappa shape index (κ1) is 15.6. The molecule has 0 aliphatic rings. The number of aryl methyl sites for hydroxylation is 1. The quantitative estimate of drug-likeness (QED) is 0.881. The summed E-state index contributed by atoms with van der Waals surface area (Å²) in [6.07, 6.45) is 0. The highest BCUT2D eigenvalue weighted by atomic mass is 16.5. The Labute approximate surface area is 128 Å². The van der Waals surface area contributed by atoms with Crippen LogP contribution in [0.25, 0.3) is 0 Å². The largest absolute Gasteiger partial charge is 0.465 e. The number of carbonyl (C=O) groups excluding carboxylic acids is 2. The van der Waals surface area contributed by atoms with Crippen LogP contribution in [0.1, 0.15) is 21.9 Å². The summed E-state index contributed by atoms with van der Waals surface area (Å²) in [5.41, 5.74) is 1.08. The van der Waals surface area contributed by atoms with Crippen molar-refractivity contribution in [1.82, 2.24) is 4.90 Å². The van der Waals surface area contributed by atoms with Gasteiger partial charge in [-0.1, -0.05) is 18.2 Å². The van der Waals surface area contributed by atoms with Crippen molar-refractivity contribution >= 4 is 17.7 Å². The number of ether oxygens (including phenoxy) is 1. The van der Waals surface area contributed by atoms with Crippen LogP contribution in [-0.4, -0.2) is 31.1 Å². The van der Waals surface area contributed by atoms with Crippen molar-refractivity contribution in [3.05, 3.63) is 53.5 Å². The molecule has 2 aromatic rings. The third-order valence-electron chi connectivity index (χ3n) is 3.14. The number of furan rings is 1. The molecule has 0 spiro atoms. The number of hydrogen-bond donors (Lipinski definition) is 1. The first-order valence-corrected chi connectivity index (χ1v) is 6.76. The summed E-state index contributed by atoms with van der Waals surface area (Å²) in [5.74, 6) is 0.534. The third-order valence-corrected chi connectivity index (χ3v) is 3.14. The topological polar surface area (TPSA) is 71.8 Å². The molecule has 1 heterocycles. The Bertz CT molecular complexity index is 664. The summed E-state index contributed by atoms with van der Waals surface area (Å²) >= 11 is 0. The number of benzene rings is 1. The highest BCUT2D eigenvalue weighted by molar-refractivity contribution is 5.91. The molecule has 6 heteroatoms. The highest BCUT2D eigenvalue weighted by Crippen LogP contribution is 2.17. The average Bonchev–Trinajstić information content (AvgIpc) is 2.88. The highest BCUT2D eigenvalue weighted by Gasteiger charge is 2.17. The van der Waals surface area contributed by atoms with Crippen LogP contribution in [0, 0.1) is 6.92 Å². The number of nitrogens with one attached hydrogen (secondary N) is 1. The Balaban J connectivity index is 2.01. The maximum absolute atomic E-state index is 12.1. The van der Waals surface area contributed by atoms with Gasteiger partial charge in [0.25, 0.3) is 0 Å². The zero-order valence-electron chi connectivity index (χ0n) is 12.8. The van der Waals surface area contributed by atoms with Gasteiger partial charge in [-0.2, -0.15) is 0 Å². The number of methoxy groups -OCH3 is 1. The van der Waals surface area contributed by atoms with Crippen molar-refractivity contribution in [3.8, 4) is 0 Å². The van der Waals surface area contributed by atoms with Crippen LogP contribution >= 0.6 is 0 Å².